The third-order valence-electron chi connectivity index (χ3n) is 14.2. The van der Waals surface area contributed by atoms with E-state index in [0.29, 0.717) is 39.7 Å². The molecule has 3 heterocycles. The topological polar surface area (TPSA) is 96.1 Å². The van der Waals surface area contributed by atoms with Gasteiger partial charge in [-0.15, -0.1) is 0 Å². The minimum atomic E-state index is 0.392. The Bertz CT molecular complexity index is 4010. The third kappa shape index (κ3) is 7.22. The molecule has 0 radical (unpaired) electrons. The summed E-state index contributed by atoms with van der Waals surface area (Å²) in [6.45, 7) is 13.0. The van der Waals surface area contributed by atoms with E-state index in [1.165, 1.54) is 44.5 Å². The lowest BCUT2D eigenvalue weighted by molar-refractivity contribution is 1.06. The molecule has 0 saturated carbocycles. The van der Waals surface area contributed by atoms with Crippen LogP contribution in [0.15, 0.2) is 176 Å². The molecule has 72 heavy (non-hydrogen) atoms. The fourth-order valence-electron chi connectivity index (χ4n) is 11.3. The van der Waals surface area contributed by atoms with Crippen LogP contribution in [-0.4, -0.2) is 24.1 Å². The lowest BCUT2D eigenvalue weighted by Gasteiger charge is -2.17. The summed E-state index contributed by atoms with van der Waals surface area (Å²) < 4.78 is 4.53. The summed E-state index contributed by atoms with van der Waals surface area (Å²) in [4.78, 5) is 15.9. The first-order valence-electron chi connectivity index (χ1n) is 24.2. The fourth-order valence-corrected chi connectivity index (χ4v) is 11.3. The minimum absolute atomic E-state index is 0.392. The van der Waals surface area contributed by atoms with E-state index in [4.69, 9.17) is 15.0 Å². The van der Waals surface area contributed by atoms with E-state index in [-0.39, 0.29) is 0 Å². The van der Waals surface area contributed by atoms with Crippen LogP contribution in [-0.2, 0) is 0 Å². The maximum atomic E-state index is 10.5. The van der Waals surface area contributed by atoms with Gasteiger partial charge in [-0.2, -0.15) is 10.5 Å². The van der Waals surface area contributed by atoms with Gasteiger partial charge in [-0.3, -0.25) is 0 Å². The number of rotatable bonds is 7. The third-order valence-corrected chi connectivity index (χ3v) is 14.2. The monoisotopic (exact) mass is 925 g/mol. The Labute approximate surface area is 418 Å². The Hall–Kier alpha value is -9.43. The Balaban J connectivity index is 1.11. The van der Waals surface area contributed by atoms with Crippen molar-refractivity contribution in [3.05, 3.63) is 220 Å². The highest BCUT2D eigenvalue weighted by Gasteiger charge is 2.24. The second-order valence-corrected chi connectivity index (χ2v) is 19.1. The van der Waals surface area contributed by atoms with E-state index >= 15 is 0 Å². The van der Waals surface area contributed by atoms with Gasteiger partial charge in [0, 0.05) is 38.2 Å². The molecule has 3 aromatic heterocycles. The van der Waals surface area contributed by atoms with E-state index in [2.05, 4.69) is 172 Å². The zero-order valence-electron chi connectivity index (χ0n) is 40.9. The average molecular weight is 926 g/mol. The second-order valence-electron chi connectivity index (χ2n) is 19.1. The first-order valence-corrected chi connectivity index (χ1v) is 24.2. The van der Waals surface area contributed by atoms with Gasteiger partial charge in [0.25, 0.3) is 0 Å². The molecule has 0 fully saturated rings. The Kier molecular flexibility index (Phi) is 10.5. The average Bonchev–Trinajstić information content (AvgIpc) is 3.90. The number of nitriles is 2. The van der Waals surface area contributed by atoms with Crippen LogP contribution in [0.5, 0.6) is 0 Å². The quantitative estimate of drug-likeness (QED) is 0.159. The first-order chi connectivity index (χ1) is 35.1. The van der Waals surface area contributed by atoms with Crippen LogP contribution >= 0.6 is 0 Å². The molecule has 0 aliphatic heterocycles. The van der Waals surface area contributed by atoms with Crippen molar-refractivity contribution in [3.63, 3.8) is 0 Å². The molecular weight excluding hydrogens is 879 g/mol. The van der Waals surface area contributed by atoms with Crippen LogP contribution in [0.4, 0.5) is 0 Å². The van der Waals surface area contributed by atoms with Gasteiger partial charge >= 0.3 is 0 Å². The van der Waals surface area contributed by atoms with E-state index < -0.39 is 0 Å². The normalized spacial score (nSPS) is 11.4. The summed E-state index contributed by atoms with van der Waals surface area (Å²) in [6.07, 6.45) is 0. The summed E-state index contributed by atoms with van der Waals surface area (Å²) in [7, 11) is 0. The van der Waals surface area contributed by atoms with Crippen molar-refractivity contribution in [3.8, 4) is 79.9 Å². The molecule has 0 amide bonds. The van der Waals surface area contributed by atoms with Crippen molar-refractivity contribution >= 4 is 43.6 Å². The highest BCUT2D eigenvalue weighted by molar-refractivity contribution is 6.12. The lowest BCUT2D eigenvalue weighted by Crippen LogP contribution is -2.06. The summed E-state index contributed by atoms with van der Waals surface area (Å²) in [5.41, 5.74) is 21.0. The standard InChI is InChI=1S/C65H47N7/c1-38-28-40(3)61(41(4)29-38)47-22-26-57-51(34-47)49-16-10-12-18-55(49)71(57)59-24-20-44(36-66)32-53(59)64-68-63(46-14-8-7-9-15-46)69-65(70-64)54-33-45(37-67)21-25-60(54)72-56-19-13-11-17-50(56)52-35-48(23-27-58(52)72)62-42(5)30-39(2)31-43(62)6/h7-35H,1-6H3. The Morgan fingerprint density at radius 2 is 0.736 bits per heavy atom. The predicted molar refractivity (Wildman–Crippen MR) is 294 cm³/mol. The summed E-state index contributed by atoms with van der Waals surface area (Å²) in [6, 6.07) is 65.5. The smallest absolute Gasteiger partial charge is 0.166 e. The zero-order chi connectivity index (χ0) is 49.4. The van der Waals surface area contributed by atoms with Gasteiger partial charge in [0.2, 0.25) is 0 Å². The van der Waals surface area contributed by atoms with Crippen LogP contribution in [0, 0.1) is 64.2 Å². The molecule has 0 spiro atoms. The van der Waals surface area contributed by atoms with Crippen molar-refractivity contribution in [1.82, 2.24) is 24.1 Å². The highest BCUT2D eigenvalue weighted by atomic mass is 15.1. The molecule has 12 aromatic rings. The number of para-hydroxylation sites is 2. The van der Waals surface area contributed by atoms with Crippen molar-refractivity contribution in [2.75, 3.05) is 0 Å². The molecule has 0 N–H and O–H groups in total. The van der Waals surface area contributed by atoms with Gasteiger partial charge in [-0.25, -0.2) is 15.0 Å². The Morgan fingerprint density at radius 3 is 1.17 bits per heavy atom. The second kappa shape index (κ2) is 17.2. The summed E-state index contributed by atoms with van der Waals surface area (Å²) in [5, 5.41) is 25.4. The molecule has 0 unspecified atom stereocenters. The number of nitrogens with zero attached hydrogens (tertiary/aromatic N) is 7. The molecule has 7 heteroatoms. The zero-order valence-corrected chi connectivity index (χ0v) is 40.9. The molecule has 9 aromatic carbocycles. The van der Waals surface area contributed by atoms with E-state index in [0.717, 1.165) is 71.7 Å². The number of hydrogen-bond acceptors (Lipinski definition) is 5. The molecule has 12 rings (SSSR count). The largest absolute Gasteiger partial charge is 0.308 e. The molecule has 0 atom stereocenters. The molecule has 0 saturated heterocycles. The summed E-state index contributed by atoms with van der Waals surface area (Å²) in [5.74, 6) is 1.25. The molecule has 0 bridgehead atoms. The van der Waals surface area contributed by atoms with Gasteiger partial charge in [0.15, 0.2) is 17.5 Å². The van der Waals surface area contributed by atoms with Crippen LogP contribution in [0.2, 0.25) is 0 Å². The van der Waals surface area contributed by atoms with E-state index in [9.17, 15) is 10.5 Å². The Morgan fingerprint density at radius 1 is 0.347 bits per heavy atom. The molecule has 7 nitrogen and oxygen atoms in total. The summed E-state index contributed by atoms with van der Waals surface area (Å²) >= 11 is 0. The van der Waals surface area contributed by atoms with Crippen molar-refractivity contribution in [2.45, 2.75) is 41.5 Å². The lowest BCUT2D eigenvalue weighted by atomic mass is 9.93. The predicted octanol–water partition coefficient (Wildman–Crippen LogP) is 16.0. The van der Waals surface area contributed by atoms with Crippen molar-refractivity contribution < 1.29 is 0 Å². The number of aromatic nitrogens is 5. The molecule has 0 aliphatic carbocycles. The maximum Gasteiger partial charge on any atom is 0.166 e. The van der Waals surface area contributed by atoms with Gasteiger partial charge < -0.3 is 9.13 Å². The highest BCUT2D eigenvalue weighted by Crippen LogP contribution is 2.42. The first kappa shape index (κ1) is 43.8. The number of benzene rings is 9. The molecule has 0 aliphatic rings. The SMILES string of the molecule is Cc1cc(C)c(-c2ccc3c(c2)c2ccccc2n3-c2ccc(C#N)cc2-c2nc(-c3ccccc3)nc(-c3cc(C#N)ccc3-n3c4ccccc4c4cc(-c5c(C)cc(C)cc5C)ccc43)n2)c(C)c1. The van der Waals surface area contributed by atoms with Crippen LogP contribution in [0.3, 0.4) is 0 Å². The van der Waals surface area contributed by atoms with Gasteiger partial charge in [-0.1, -0.05) is 114 Å². The van der Waals surface area contributed by atoms with Crippen molar-refractivity contribution in [1.29, 1.82) is 10.5 Å². The van der Waals surface area contributed by atoms with E-state index in [1.807, 2.05) is 66.7 Å². The van der Waals surface area contributed by atoms with Crippen LogP contribution in [0.25, 0.3) is 111 Å². The fraction of sp³-hybridized carbons (Fsp3) is 0.0923. The van der Waals surface area contributed by atoms with Crippen LogP contribution in [0.1, 0.15) is 44.5 Å². The van der Waals surface area contributed by atoms with Crippen molar-refractivity contribution in [2.24, 2.45) is 0 Å². The van der Waals surface area contributed by atoms with Crippen LogP contribution < -0.4 is 0 Å². The van der Waals surface area contributed by atoms with Gasteiger partial charge in [-0.05, 0) is 159 Å². The number of hydrogen-bond donors (Lipinski definition) is 0. The number of fused-ring (bicyclic) bond motifs is 6. The van der Waals surface area contributed by atoms with Gasteiger partial charge in [0.05, 0.1) is 56.7 Å². The molecular formula is C65H47N7. The number of aryl methyl sites for hydroxylation is 6. The minimum Gasteiger partial charge on any atom is -0.308 e. The maximum absolute atomic E-state index is 10.5. The van der Waals surface area contributed by atoms with E-state index in [1.54, 1.807) is 0 Å². The molecule has 342 valence electrons. The van der Waals surface area contributed by atoms with Gasteiger partial charge in [0.1, 0.15) is 0 Å².